The molecule has 10 aromatic rings. The number of anilines is 3. The van der Waals surface area contributed by atoms with Gasteiger partial charge in [0.2, 0.25) is 0 Å². The van der Waals surface area contributed by atoms with Crippen LogP contribution in [0.2, 0.25) is 0 Å². The minimum absolute atomic E-state index is 0.904. The molecule has 0 saturated carbocycles. The molecule has 0 bridgehead atoms. The summed E-state index contributed by atoms with van der Waals surface area (Å²) in [4.78, 5) is 2.42. The number of fused-ring (bicyclic) bond motifs is 8. The van der Waals surface area contributed by atoms with Gasteiger partial charge in [0, 0.05) is 33.1 Å². The van der Waals surface area contributed by atoms with E-state index in [-0.39, 0.29) is 0 Å². The SMILES string of the molecule is c1ccc(-c2ccc(N(c3cccc(-c4cccc5c4oc4ccccc45)c3)c3cc4c5ccccc5ccc4c4ccccc34)cc2)cc1. The molecule has 1 aromatic heterocycles. The van der Waals surface area contributed by atoms with E-state index in [2.05, 4.69) is 181 Å². The number of para-hydroxylation sites is 2. The van der Waals surface area contributed by atoms with Crippen LogP contribution >= 0.6 is 0 Å². The summed E-state index contributed by atoms with van der Waals surface area (Å²) in [5.74, 6) is 0. The van der Waals surface area contributed by atoms with Gasteiger partial charge in [-0.2, -0.15) is 0 Å². The fourth-order valence-corrected chi connectivity index (χ4v) is 7.67. The Labute approximate surface area is 290 Å². The van der Waals surface area contributed by atoms with Gasteiger partial charge in [-0.05, 0) is 80.0 Å². The van der Waals surface area contributed by atoms with Gasteiger partial charge in [0.25, 0.3) is 0 Å². The molecular weight excluding hydrogens is 607 g/mol. The van der Waals surface area contributed by atoms with E-state index in [4.69, 9.17) is 4.42 Å². The van der Waals surface area contributed by atoms with Gasteiger partial charge in [-0.1, -0.05) is 152 Å². The topological polar surface area (TPSA) is 16.4 Å². The quantitative estimate of drug-likeness (QED) is 0.175. The zero-order valence-corrected chi connectivity index (χ0v) is 27.3. The molecule has 10 rings (SSSR count). The minimum Gasteiger partial charge on any atom is -0.455 e. The van der Waals surface area contributed by atoms with Gasteiger partial charge in [0.15, 0.2) is 0 Å². The largest absolute Gasteiger partial charge is 0.455 e. The van der Waals surface area contributed by atoms with E-state index in [1.54, 1.807) is 0 Å². The Bertz CT molecular complexity index is 2870. The van der Waals surface area contributed by atoms with Crippen LogP contribution in [-0.2, 0) is 0 Å². The summed E-state index contributed by atoms with van der Waals surface area (Å²) in [6, 6.07) is 67.5. The molecule has 0 atom stereocenters. The highest BCUT2D eigenvalue weighted by Gasteiger charge is 2.20. The fraction of sp³-hybridized carbons (Fsp3) is 0. The predicted molar refractivity (Wildman–Crippen MR) is 212 cm³/mol. The summed E-state index contributed by atoms with van der Waals surface area (Å²) in [6.07, 6.45) is 0. The molecule has 2 nitrogen and oxygen atoms in total. The summed E-state index contributed by atoms with van der Waals surface area (Å²) in [7, 11) is 0. The first-order chi connectivity index (χ1) is 24.8. The maximum Gasteiger partial charge on any atom is 0.143 e. The molecule has 0 amide bonds. The van der Waals surface area contributed by atoms with E-state index >= 15 is 0 Å². The monoisotopic (exact) mass is 637 g/mol. The lowest BCUT2D eigenvalue weighted by atomic mass is 9.94. The fourth-order valence-electron chi connectivity index (χ4n) is 7.67. The summed E-state index contributed by atoms with van der Waals surface area (Å²) in [5, 5.41) is 9.69. The van der Waals surface area contributed by atoms with E-state index in [9.17, 15) is 0 Å². The van der Waals surface area contributed by atoms with Gasteiger partial charge in [-0.3, -0.25) is 0 Å². The number of hydrogen-bond acceptors (Lipinski definition) is 2. The van der Waals surface area contributed by atoms with E-state index in [0.717, 1.165) is 50.1 Å². The van der Waals surface area contributed by atoms with Gasteiger partial charge in [-0.15, -0.1) is 0 Å². The second-order valence-electron chi connectivity index (χ2n) is 12.9. The first-order valence-corrected chi connectivity index (χ1v) is 17.1. The van der Waals surface area contributed by atoms with Crippen LogP contribution in [0.5, 0.6) is 0 Å². The molecule has 0 N–H and O–H groups in total. The van der Waals surface area contributed by atoms with Crippen molar-refractivity contribution < 1.29 is 4.42 Å². The van der Waals surface area contributed by atoms with Crippen molar-refractivity contribution in [2.75, 3.05) is 4.90 Å². The van der Waals surface area contributed by atoms with Crippen LogP contribution in [0.1, 0.15) is 0 Å². The molecule has 0 unspecified atom stereocenters. The average Bonchev–Trinajstić information content (AvgIpc) is 3.58. The number of benzene rings is 9. The molecule has 0 aliphatic carbocycles. The maximum absolute atomic E-state index is 6.50. The van der Waals surface area contributed by atoms with Crippen molar-refractivity contribution in [3.8, 4) is 22.3 Å². The lowest BCUT2D eigenvalue weighted by Gasteiger charge is -2.28. The van der Waals surface area contributed by atoms with Gasteiger partial charge < -0.3 is 9.32 Å². The van der Waals surface area contributed by atoms with Crippen molar-refractivity contribution in [3.05, 3.63) is 188 Å². The summed E-state index contributed by atoms with van der Waals surface area (Å²) in [6.45, 7) is 0. The molecular formula is C48H31NO. The van der Waals surface area contributed by atoms with Gasteiger partial charge in [-0.25, -0.2) is 0 Å². The van der Waals surface area contributed by atoms with E-state index in [0.29, 0.717) is 0 Å². The van der Waals surface area contributed by atoms with Crippen LogP contribution in [0.3, 0.4) is 0 Å². The molecule has 234 valence electrons. The standard InChI is InChI=1S/C48H31NO/c1-2-12-32(13-3-1)33-24-27-36(28-25-33)49(46-31-45-38-17-5-4-14-34(38)26-29-41(45)40-18-6-7-19-42(40)46)37-16-10-15-35(30-37)39-21-11-22-44-43-20-8-9-23-47(43)50-48(39)44/h1-31H. The molecule has 0 radical (unpaired) electrons. The summed E-state index contributed by atoms with van der Waals surface area (Å²) < 4.78 is 6.50. The molecule has 0 aliphatic heterocycles. The van der Waals surface area contributed by atoms with Crippen molar-refractivity contribution in [3.63, 3.8) is 0 Å². The molecule has 2 heteroatoms. The van der Waals surface area contributed by atoms with Crippen LogP contribution in [0.15, 0.2) is 192 Å². The van der Waals surface area contributed by atoms with Gasteiger partial charge in [0.1, 0.15) is 11.2 Å². The van der Waals surface area contributed by atoms with Crippen LogP contribution in [0.4, 0.5) is 17.1 Å². The van der Waals surface area contributed by atoms with Crippen LogP contribution in [-0.4, -0.2) is 0 Å². The third-order valence-corrected chi connectivity index (χ3v) is 10.0. The van der Waals surface area contributed by atoms with E-state index in [1.807, 2.05) is 12.1 Å². The third kappa shape index (κ3) is 4.57. The lowest BCUT2D eigenvalue weighted by Crippen LogP contribution is -2.11. The maximum atomic E-state index is 6.50. The van der Waals surface area contributed by atoms with Crippen molar-refractivity contribution in [1.29, 1.82) is 0 Å². The molecule has 0 spiro atoms. The first kappa shape index (κ1) is 28.4. The smallest absolute Gasteiger partial charge is 0.143 e. The Hall–Kier alpha value is -6.64. The van der Waals surface area contributed by atoms with Crippen molar-refractivity contribution in [2.24, 2.45) is 0 Å². The van der Waals surface area contributed by atoms with Crippen LogP contribution in [0, 0.1) is 0 Å². The highest BCUT2D eigenvalue weighted by Crippen LogP contribution is 2.45. The summed E-state index contributed by atoms with van der Waals surface area (Å²) >= 11 is 0. The third-order valence-electron chi connectivity index (χ3n) is 10.0. The van der Waals surface area contributed by atoms with Crippen molar-refractivity contribution in [1.82, 2.24) is 0 Å². The number of rotatable bonds is 5. The molecule has 0 fully saturated rings. The first-order valence-electron chi connectivity index (χ1n) is 17.1. The average molecular weight is 638 g/mol. The van der Waals surface area contributed by atoms with Crippen LogP contribution < -0.4 is 4.90 Å². The van der Waals surface area contributed by atoms with Gasteiger partial charge in [0.05, 0.1) is 5.69 Å². The Kier molecular flexibility index (Phi) is 6.53. The molecule has 50 heavy (non-hydrogen) atoms. The zero-order chi connectivity index (χ0) is 33.0. The molecule has 0 aliphatic rings. The van der Waals surface area contributed by atoms with Crippen molar-refractivity contribution in [2.45, 2.75) is 0 Å². The zero-order valence-electron chi connectivity index (χ0n) is 27.3. The Morgan fingerprint density at radius 2 is 0.980 bits per heavy atom. The van der Waals surface area contributed by atoms with E-state index in [1.165, 1.54) is 43.4 Å². The molecule has 0 saturated heterocycles. The van der Waals surface area contributed by atoms with Crippen molar-refractivity contribution >= 4 is 71.3 Å². The highest BCUT2D eigenvalue weighted by atomic mass is 16.3. The second kappa shape index (κ2) is 11.5. The Morgan fingerprint density at radius 1 is 0.340 bits per heavy atom. The van der Waals surface area contributed by atoms with Gasteiger partial charge >= 0.3 is 0 Å². The number of hydrogen-bond donors (Lipinski definition) is 0. The number of nitrogens with zero attached hydrogens (tertiary/aromatic N) is 1. The Balaban J connectivity index is 1.23. The molecule has 9 aromatic carbocycles. The normalized spacial score (nSPS) is 11.6. The second-order valence-corrected chi connectivity index (χ2v) is 12.9. The van der Waals surface area contributed by atoms with E-state index < -0.39 is 0 Å². The summed E-state index contributed by atoms with van der Waals surface area (Å²) in [5.41, 5.74) is 9.69. The predicted octanol–water partition coefficient (Wildman–Crippen LogP) is 13.8. The number of furan rings is 1. The highest BCUT2D eigenvalue weighted by molar-refractivity contribution is 6.21. The van der Waals surface area contributed by atoms with Crippen LogP contribution in [0.25, 0.3) is 76.5 Å². The molecule has 1 heterocycles. The Morgan fingerprint density at radius 3 is 1.84 bits per heavy atom. The minimum atomic E-state index is 0.904. The lowest BCUT2D eigenvalue weighted by molar-refractivity contribution is 0.670.